The molecule has 2 aromatic heterocycles. The molecule has 3 aromatic carbocycles. The fourth-order valence-corrected chi connectivity index (χ4v) is 3.88. The normalized spacial score (nSPS) is 11.7. The molecule has 25 heavy (non-hydrogen) atoms. The number of nitrogen functional groups attached to an aromatic ring is 1. The van der Waals surface area contributed by atoms with Crippen molar-refractivity contribution in [3.8, 4) is 16.9 Å². The van der Waals surface area contributed by atoms with E-state index in [2.05, 4.69) is 16.0 Å². The van der Waals surface area contributed by atoms with Gasteiger partial charge in [-0.15, -0.1) is 0 Å². The number of anilines is 1. The third kappa shape index (κ3) is 2.01. The monoisotopic (exact) mass is 347 g/mol. The van der Waals surface area contributed by atoms with Crippen LogP contribution in [0.5, 0.6) is 5.75 Å². The van der Waals surface area contributed by atoms with E-state index in [1.165, 1.54) is 0 Å². The van der Waals surface area contributed by atoms with E-state index in [-0.39, 0.29) is 5.75 Å². The number of aromatic nitrogens is 2. The molecular formula is C20H14ClN3O. The quantitative estimate of drug-likeness (QED) is 0.306. The third-order valence-corrected chi connectivity index (χ3v) is 5.00. The lowest BCUT2D eigenvalue weighted by atomic mass is 9.97. The molecule has 5 heteroatoms. The minimum absolute atomic E-state index is 0.253. The van der Waals surface area contributed by atoms with Gasteiger partial charge in [0, 0.05) is 56.2 Å². The number of aromatic amines is 2. The summed E-state index contributed by atoms with van der Waals surface area (Å²) in [5.74, 6) is 0.253. The number of rotatable bonds is 1. The van der Waals surface area contributed by atoms with Gasteiger partial charge in [-0.2, -0.15) is 0 Å². The molecule has 0 saturated carbocycles. The van der Waals surface area contributed by atoms with Gasteiger partial charge in [0.25, 0.3) is 0 Å². The van der Waals surface area contributed by atoms with Gasteiger partial charge in [-0.3, -0.25) is 0 Å². The van der Waals surface area contributed by atoms with Crippen LogP contribution in [0.25, 0.3) is 43.7 Å². The molecule has 0 aliphatic heterocycles. The number of H-pyrrole nitrogens is 2. The number of hydrogen-bond donors (Lipinski definition) is 4. The second-order valence-corrected chi connectivity index (χ2v) is 6.63. The fraction of sp³-hybridized carbons (Fsp3) is 0. The highest BCUT2D eigenvalue weighted by Gasteiger charge is 2.15. The van der Waals surface area contributed by atoms with Crippen molar-refractivity contribution in [1.82, 2.24) is 9.97 Å². The zero-order valence-corrected chi connectivity index (χ0v) is 13.9. The van der Waals surface area contributed by atoms with Crippen LogP contribution in [0.3, 0.4) is 0 Å². The average Bonchev–Trinajstić information content (AvgIpc) is 3.17. The lowest BCUT2D eigenvalue weighted by Gasteiger charge is -2.08. The van der Waals surface area contributed by atoms with Crippen LogP contribution >= 0.6 is 11.6 Å². The highest BCUT2D eigenvalue weighted by Crippen LogP contribution is 2.41. The Morgan fingerprint density at radius 3 is 2.52 bits per heavy atom. The third-order valence-electron chi connectivity index (χ3n) is 4.69. The van der Waals surface area contributed by atoms with Crippen LogP contribution in [0.4, 0.5) is 5.69 Å². The highest BCUT2D eigenvalue weighted by atomic mass is 35.5. The van der Waals surface area contributed by atoms with E-state index in [9.17, 15) is 5.11 Å². The Bertz CT molecular complexity index is 1280. The molecular weight excluding hydrogens is 334 g/mol. The number of nitrogens with two attached hydrogens (primary N) is 1. The minimum atomic E-state index is 0.253. The second-order valence-electron chi connectivity index (χ2n) is 6.22. The number of phenolic OH excluding ortho intramolecular Hbond substituents is 1. The van der Waals surface area contributed by atoms with Gasteiger partial charge in [-0.25, -0.2) is 0 Å². The van der Waals surface area contributed by atoms with Crippen molar-refractivity contribution in [2.45, 2.75) is 0 Å². The van der Waals surface area contributed by atoms with Gasteiger partial charge in [0.15, 0.2) is 0 Å². The highest BCUT2D eigenvalue weighted by molar-refractivity contribution is 6.34. The molecule has 0 spiro atoms. The van der Waals surface area contributed by atoms with Gasteiger partial charge in [0.05, 0.1) is 5.02 Å². The summed E-state index contributed by atoms with van der Waals surface area (Å²) in [5, 5.41) is 14.7. The molecule has 0 radical (unpaired) electrons. The van der Waals surface area contributed by atoms with Crippen LogP contribution < -0.4 is 5.73 Å². The Morgan fingerprint density at radius 1 is 0.840 bits per heavy atom. The Balaban J connectivity index is 1.94. The van der Waals surface area contributed by atoms with Gasteiger partial charge in [0.2, 0.25) is 0 Å². The maximum absolute atomic E-state index is 9.87. The number of fused-ring (bicyclic) bond motifs is 5. The molecule has 5 rings (SSSR count). The summed E-state index contributed by atoms with van der Waals surface area (Å²) >= 11 is 6.45. The van der Waals surface area contributed by atoms with Crippen LogP contribution in [0.15, 0.2) is 54.9 Å². The summed E-state index contributed by atoms with van der Waals surface area (Å²) in [5.41, 5.74) is 10.4. The van der Waals surface area contributed by atoms with Crippen molar-refractivity contribution in [2.24, 2.45) is 0 Å². The van der Waals surface area contributed by atoms with Crippen molar-refractivity contribution >= 4 is 49.9 Å². The Morgan fingerprint density at radius 2 is 1.68 bits per heavy atom. The SMILES string of the molecule is Nc1ccc(-c2cc3[nH]c4ccc(O)cc4c3c3c[nH]cc23)c(Cl)c1. The summed E-state index contributed by atoms with van der Waals surface area (Å²) in [7, 11) is 0. The first-order valence-corrected chi connectivity index (χ1v) is 8.29. The number of phenols is 1. The zero-order chi connectivity index (χ0) is 17.1. The minimum Gasteiger partial charge on any atom is -0.508 e. The molecule has 5 aromatic rings. The van der Waals surface area contributed by atoms with Crippen LogP contribution in [-0.2, 0) is 0 Å². The zero-order valence-electron chi connectivity index (χ0n) is 13.1. The Labute approximate surface area is 147 Å². The summed E-state index contributed by atoms with van der Waals surface area (Å²) in [6, 6.07) is 13.0. The van der Waals surface area contributed by atoms with Gasteiger partial charge in [-0.1, -0.05) is 17.7 Å². The van der Waals surface area contributed by atoms with Crippen LogP contribution in [-0.4, -0.2) is 15.1 Å². The van der Waals surface area contributed by atoms with Crippen LogP contribution in [0.2, 0.25) is 5.02 Å². The molecule has 5 N–H and O–H groups in total. The number of hydrogen-bond acceptors (Lipinski definition) is 2. The molecule has 122 valence electrons. The molecule has 2 heterocycles. The largest absolute Gasteiger partial charge is 0.508 e. The molecule has 0 saturated heterocycles. The van der Waals surface area contributed by atoms with E-state index in [1.54, 1.807) is 18.2 Å². The maximum atomic E-state index is 9.87. The Kier molecular flexibility index (Phi) is 2.82. The van der Waals surface area contributed by atoms with Gasteiger partial charge >= 0.3 is 0 Å². The van der Waals surface area contributed by atoms with E-state index in [1.807, 2.05) is 30.6 Å². The molecule has 0 unspecified atom stereocenters. The van der Waals surface area contributed by atoms with Crippen molar-refractivity contribution in [3.05, 3.63) is 59.9 Å². The molecule has 0 aliphatic rings. The average molecular weight is 348 g/mol. The summed E-state index contributed by atoms with van der Waals surface area (Å²) in [4.78, 5) is 6.63. The van der Waals surface area contributed by atoms with E-state index < -0.39 is 0 Å². The number of benzene rings is 3. The van der Waals surface area contributed by atoms with Crippen molar-refractivity contribution in [3.63, 3.8) is 0 Å². The predicted molar refractivity (Wildman–Crippen MR) is 104 cm³/mol. The molecule has 0 aliphatic carbocycles. The summed E-state index contributed by atoms with van der Waals surface area (Å²) in [6.45, 7) is 0. The van der Waals surface area contributed by atoms with Crippen LogP contribution in [0, 0.1) is 0 Å². The van der Waals surface area contributed by atoms with E-state index >= 15 is 0 Å². The lowest BCUT2D eigenvalue weighted by Crippen LogP contribution is -1.87. The first kappa shape index (κ1) is 14.3. The number of nitrogens with one attached hydrogen (secondary N) is 2. The molecule has 0 amide bonds. The molecule has 0 fully saturated rings. The first-order chi connectivity index (χ1) is 12.1. The lowest BCUT2D eigenvalue weighted by molar-refractivity contribution is 0.476. The van der Waals surface area contributed by atoms with E-state index in [0.29, 0.717) is 10.7 Å². The van der Waals surface area contributed by atoms with Gasteiger partial charge in [0.1, 0.15) is 5.75 Å². The molecule has 0 bridgehead atoms. The topological polar surface area (TPSA) is 77.8 Å². The Hall–Kier alpha value is -3.11. The predicted octanol–water partition coefficient (Wildman–Crippen LogP) is 5.41. The summed E-state index contributed by atoms with van der Waals surface area (Å²) < 4.78 is 0. The molecule has 0 atom stereocenters. The second kappa shape index (κ2) is 4.94. The fourth-order valence-electron chi connectivity index (χ4n) is 3.59. The van der Waals surface area contributed by atoms with Crippen molar-refractivity contribution < 1.29 is 5.11 Å². The van der Waals surface area contributed by atoms with Crippen molar-refractivity contribution in [1.29, 1.82) is 0 Å². The smallest absolute Gasteiger partial charge is 0.116 e. The van der Waals surface area contributed by atoms with Crippen molar-refractivity contribution in [2.75, 3.05) is 5.73 Å². The van der Waals surface area contributed by atoms with E-state index in [0.717, 1.165) is 43.7 Å². The van der Waals surface area contributed by atoms with Gasteiger partial charge in [-0.05, 0) is 42.0 Å². The number of aromatic hydroxyl groups is 1. The van der Waals surface area contributed by atoms with Gasteiger partial charge < -0.3 is 20.8 Å². The standard InChI is InChI=1S/C20H14ClN3O/c21-17-5-10(22)1-3-12(17)13-7-19-20(16-9-23-8-15(13)16)14-6-11(25)2-4-18(14)24-19/h1-9,23-25H,22H2. The van der Waals surface area contributed by atoms with Crippen LogP contribution in [0.1, 0.15) is 0 Å². The maximum Gasteiger partial charge on any atom is 0.116 e. The number of halogens is 1. The summed E-state index contributed by atoms with van der Waals surface area (Å²) in [6.07, 6.45) is 3.95. The van der Waals surface area contributed by atoms with E-state index in [4.69, 9.17) is 17.3 Å². The first-order valence-electron chi connectivity index (χ1n) is 7.91. The molecule has 4 nitrogen and oxygen atoms in total.